The Morgan fingerprint density at radius 2 is 1.59 bits per heavy atom. The molecule has 3 aromatic carbocycles. The Labute approximate surface area is 245 Å². The standard InChI is InChI=1S/C32H37N3O5S/c1-22-12-10-11-17-25(22)19-33-29(37)28-32(2,3)41-21-35(28)30(38)27(36)26(18-23-13-6-4-7-14-23)34-31(39)40-20-24-15-8-5-9-16-24/h4-17,26-28,36H,18-21H2,1-3H3,(H,33,37)(H,34,39)/t26?,27-,28+/m0/s1. The van der Waals surface area contributed by atoms with E-state index in [4.69, 9.17) is 4.74 Å². The molecule has 3 amide bonds. The molecule has 1 unspecified atom stereocenters. The van der Waals surface area contributed by atoms with Gasteiger partial charge in [0.05, 0.1) is 11.9 Å². The van der Waals surface area contributed by atoms with Gasteiger partial charge in [-0.1, -0.05) is 84.9 Å². The fourth-order valence-electron chi connectivity index (χ4n) is 4.87. The number of hydrogen-bond donors (Lipinski definition) is 3. The van der Waals surface area contributed by atoms with Gasteiger partial charge in [-0.05, 0) is 49.4 Å². The molecule has 0 saturated carbocycles. The Bertz CT molecular complexity index is 1340. The number of aliphatic hydroxyl groups is 1. The molecule has 0 radical (unpaired) electrons. The number of nitrogens with zero attached hydrogens (tertiary/aromatic N) is 1. The molecular formula is C32H37N3O5S. The van der Waals surface area contributed by atoms with E-state index in [9.17, 15) is 19.5 Å². The van der Waals surface area contributed by atoms with Gasteiger partial charge in [-0.25, -0.2) is 4.79 Å². The molecule has 3 N–H and O–H groups in total. The fourth-order valence-corrected chi connectivity index (χ4v) is 6.01. The summed E-state index contributed by atoms with van der Waals surface area (Å²) in [5.41, 5.74) is 3.69. The molecule has 3 aromatic rings. The first-order valence-corrected chi connectivity index (χ1v) is 14.6. The summed E-state index contributed by atoms with van der Waals surface area (Å²) in [6, 6.07) is 24.5. The third-order valence-corrected chi connectivity index (χ3v) is 8.61. The van der Waals surface area contributed by atoms with Crippen molar-refractivity contribution in [3.8, 4) is 0 Å². The van der Waals surface area contributed by atoms with Gasteiger partial charge >= 0.3 is 6.09 Å². The summed E-state index contributed by atoms with van der Waals surface area (Å²) < 4.78 is 4.79. The quantitative estimate of drug-likeness (QED) is 0.335. The zero-order chi connectivity index (χ0) is 29.4. The molecule has 0 aromatic heterocycles. The molecule has 41 heavy (non-hydrogen) atoms. The highest BCUT2D eigenvalue weighted by Gasteiger charge is 2.49. The van der Waals surface area contributed by atoms with Crippen molar-refractivity contribution in [3.63, 3.8) is 0 Å². The number of benzene rings is 3. The summed E-state index contributed by atoms with van der Waals surface area (Å²) in [6.45, 7) is 6.19. The molecule has 8 nitrogen and oxygen atoms in total. The van der Waals surface area contributed by atoms with Crippen LogP contribution in [0.5, 0.6) is 0 Å². The number of aliphatic hydroxyl groups excluding tert-OH is 1. The summed E-state index contributed by atoms with van der Waals surface area (Å²) in [5, 5.41) is 17.0. The lowest BCUT2D eigenvalue weighted by Crippen LogP contribution is -2.58. The van der Waals surface area contributed by atoms with Crippen LogP contribution in [0.3, 0.4) is 0 Å². The molecule has 1 heterocycles. The first kappa shape index (κ1) is 30.1. The number of hydrogen-bond acceptors (Lipinski definition) is 6. The summed E-state index contributed by atoms with van der Waals surface area (Å²) in [6.07, 6.45) is -2.14. The average molecular weight is 576 g/mol. The number of carbonyl (C=O) groups excluding carboxylic acids is 3. The van der Waals surface area contributed by atoms with E-state index >= 15 is 0 Å². The number of carbonyl (C=O) groups is 3. The van der Waals surface area contributed by atoms with Crippen LogP contribution in [0.2, 0.25) is 0 Å². The van der Waals surface area contributed by atoms with Crippen LogP contribution in [0.1, 0.15) is 36.1 Å². The van der Waals surface area contributed by atoms with Gasteiger partial charge in [0.25, 0.3) is 5.91 Å². The van der Waals surface area contributed by atoms with Crippen molar-refractivity contribution in [1.82, 2.24) is 15.5 Å². The van der Waals surface area contributed by atoms with Crippen LogP contribution in [-0.2, 0) is 33.9 Å². The van der Waals surface area contributed by atoms with E-state index in [-0.39, 0.29) is 24.8 Å². The van der Waals surface area contributed by atoms with E-state index in [1.54, 1.807) is 0 Å². The van der Waals surface area contributed by atoms with E-state index in [1.807, 2.05) is 106 Å². The summed E-state index contributed by atoms with van der Waals surface area (Å²) in [4.78, 5) is 41.4. The maximum atomic E-state index is 13.8. The Balaban J connectivity index is 1.48. The molecule has 1 aliphatic heterocycles. The van der Waals surface area contributed by atoms with Crippen molar-refractivity contribution >= 4 is 29.7 Å². The van der Waals surface area contributed by atoms with Crippen molar-refractivity contribution in [3.05, 3.63) is 107 Å². The Morgan fingerprint density at radius 1 is 0.976 bits per heavy atom. The third-order valence-electron chi connectivity index (χ3n) is 7.24. The third kappa shape index (κ3) is 7.89. The number of alkyl carbamates (subject to hydrolysis) is 1. The molecule has 0 spiro atoms. The smallest absolute Gasteiger partial charge is 0.407 e. The molecule has 1 aliphatic rings. The lowest BCUT2D eigenvalue weighted by Gasteiger charge is -2.33. The van der Waals surface area contributed by atoms with Crippen LogP contribution in [0, 0.1) is 6.92 Å². The second-order valence-corrected chi connectivity index (χ2v) is 12.3. The highest BCUT2D eigenvalue weighted by atomic mass is 32.2. The lowest BCUT2D eigenvalue weighted by molar-refractivity contribution is -0.147. The van der Waals surface area contributed by atoms with Crippen molar-refractivity contribution < 1.29 is 24.2 Å². The monoisotopic (exact) mass is 575 g/mol. The predicted molar refractivity (Wildman–Crippen MR) is 160 cm³/mol. The minimum Gasteiger partial charge on any atom is -0.445 e. The largest absolute Gasteiger partial charge is 0.445 e. The SMILES string of the molecule is Cc1ccccc1CNC(=O)[C@H]1N(C(=O)[C@@H](O)C(Cc2ccccc2)NC(=O)OCc2ccccc2)CSC1(C)C. The van der Waals surface area contributed by atoms with Crippen molar-refractivity contribution in [2.75, 3.05) is 5.88 Å². The lowest BCUT2D eigenvalue weighted by atomic mass is 9.97. The minimum absolute atomic E-state index is 0.0505. The number of nitrogens with one attached hydrogen (secondary N) is 2. The second kappa shape index (κ2) is 13.7. The van der Waals surface area contributed by atoms with Gasteiger partial charge < -0.3 is 25.4 Å². The van der Waals surface area contributed by atoms with Gasteiger partial charge in [0.1, 0.15) is 12.6 Å². The van der Waals surface area contributed by atoms with Gasteiger partial charge in [-0.15, -0.1) is 11.8 Å². The summed E-state index contributed by atoms with van der Waals surface area (Å²) in [7, 11) is 0. The molecular weight excluding hydrogens is 538 g/mol. The van der Waals surface area contributed by atoms with Crippen molar-refractivity contribution in [2.45, 2.75) is 63.3 Å². The van der Waals surface area contributed by atoms with Gasteiger partial charge in [-0.2, -0.15) is 0 Å². The molecule has 216 valence electrons. The number of aryl methyl sites for hydroxylation is 1. The molecule has 9 heteroatoms. The highest BCUT2D eigenvalue weighted by molar-refractivity contribution is 8.00. The molecule has 3 atom stereocenters. The Kier molecular flexibility index (Phi) is 10.1. The zero-order valence-electron chi connectivity index (χ0n) is 23.6. The molecule has 1 fully saturated rings. The van der Waals surface area contributed by atoms with Crippen LogP contribution in [-0.4, -0.2) is 56.7 Å². The van der Waals surface area contributed by atoms with Crippen LogP contribution >= 0.6 is 11.8 Å². The Hall–Kier alpha value is -3.82. The maximum Gasteiger partial charge on any atom is 0.407 e. The molecule has 4 rings (SSSR count). The van der Waals surface area contributed by atoms with Gasteiger partial charge in [0.2, 0.25) is 5.91 Å². The average Bonchev–Trinajstić information content (AvgIpc) is 3.30. The minimum atomic E-state index is -1.60. The van der Waals surface area contributed by atoms with Crippen LogP contribution in [0.25, 0.3) is 0 Å². The topological polar surface area (TPSA) is 108 Å². The van der Waals surface area contributed by atoms with E-state index in [1.165, 1.54) is 16.7 Å². The van der Waals surface area contributed by atoms with Crippen molar-refractivity contribution in [2.24, 2.45) is 0 Å². The molecule has 0 aliphatic carbocycles. The summed E-state index contributed by atoms with van der Waals surface area (Å²) >= 11 is 1.47. The van der Waals surface area contributed by atoms with Crippen LogP contribution in [0.15, 0.2) is 84.9 Å². The van der Waals surface area contributed by atoms with E-state index in [0.717, 1.165) is 22.3 Å². The van der Waals surface area contributed by atoms with Crippen molar-refractivity contribution in [1.29, 1.82) is 0 Å². The van der Waals surface area contributed by atoms with Gasteiger partial charge in [0, 0.05) is 11.3 Å². The summed E-state index contributed by atoms with van der Waals surface area (Å²) in [5.74, 6) is -0.677. The number of ether oxygens (including phenoxy) is 1. The number of amides is 3. The van der Waals surface area contributed by atoms with E-state index < -0.39 is 34.9 Å². The van der Waals surface area contributed by atoms with Gasteiger partial charge in [-0.3, -0.25) is 9.59 Å². The fraction of sp³-hybridized carbons (Fsp3) is 0.344. The normalized spacial score (nSPS) is 17.4. The maximum absolute atomic E-state index is 13.8. The number of rotatable bonds is 10. The molecule has 1 saturated heterocycles. The zero-order valence-corrected chi connectivity index (χ0v) is 24.4. The van der Waals surface area contributed by atoms with E-state index in [0.29, 0.717) is 6.54 Å². The van der Waals surface area contributed by atoms with E-state index in [2.05, 4.69) is 10.6 Å². The highest BCUT2D eigenvalue weighted by Crippen LogP contribution is 2.40. The van der Waals surface area contributed by atoms with Gasteiger partial charge in [0.15, 0.2) is 6.10 Å². The first-order valence-electron chi connectivity index (χ1n) is 13.6. The Morgan fingerprint density at radius 3 is 2.24 bits per heavy atom. The molecule has 0 bridgehead atoms. The second-order valence-electron chi connectivity index (χ2n) is 10.7. The first-order chi connectivity index (χ1) is 19.7. The van der Waals surface area contributed by atoms with Crippen LogP contribution < -0.4 is 10.6 Å². The number of thioether (sulfide) groups is 1. The predicted octanol–water partition coefficient (Wildman–Crippen LogP) is 4.19. The van der Waals surface area contributed by atoms with Crippen LogP contribution in [0.4, 0.5) is 4.79 Å².